The molecule has 0 aromatic heterocycles. The summed E-state index contributed by atoms with van der Waals surface area (Å²) in [5.74, 6) is 0. The highest BCUT2D eigenvalue weighted by atomic mass is 32.2. The second kappa shape index (κ2) is 4.01. The molecule has 2 N–H and O–H groups in total. The van der Waals surface area contributed by atoms with Crippen LogP contribution in [0.25, 0.3) is 0 Å². The Hall–Kier alpha value is -0.170. The molecule has 1 aliphatic carbocycles. The molecule has 0 radical (unpaired) electrons. The number of rotatable bonds is 2. The van der Waals surface area contributed by atoms with Gasteiger partial charge < -0.3 is 10.2 Å². The van der Waals surface area contributed by atoms with Gasteiger partial charge in [-0.15, -0.1) is 0 Å². The highest BCUT2D eigenvalue weighted by Gasteiger charge is 2.41. The molecule has 1 aliphatic heterocycles. The number of β-amino-alcohol motifs (C(OH)–C–C–N with tert-alkyl or cyclic N) is 2. The van der Waals surface area contributed by atoms with Crippen LogP contribution in [0.4, 0.5) is 0 Å². The third kappa shape index (κ3) is 2.04. The summed E-state index contributed by atoms with van der Waals surface area (Å²) in [7, 11) is -3.29. The zero-order valence-electron chi connectivity index (χ0n) is 8.54. The zero-order chi connectivity index (χ0) is 11.1. The molecule has 2 aliphatic rings. The smallest absolute Gasteiger partial charge is 0.217 e. The largest absolute Gasteiger partial charge is 0.389 e. The van der Waals surface area contributed by atoms with Gasteiger partial charge in [0.2, 0.25) is 10.0 Å². The summed E-state index contributed by atoms with van der Waals surface area (Å²) in [5, 5.41) is 18.3. The Morgan fingerprint density at radius 1 is 1.00 bits per heavy atom. The van der Waals surface area contributed by atoms with E-state index in [2.05, 4.69) is 0 Å². The van der Waals surface area contributed by atoms with Gasteiger partial charge in [0.25, 0.3) is 0 Å². The van der Waals surface area contributed by atoms with Crippen LogP contribution in [0, 0.1) is 0 Å². The first-order valence-corrected chi connectivity index (χ1v) is 6.87. The van der Waals surface area contributed by atoms with Gasteiger partial charge in [-0.2, -0.15) is 4.31 Å². The van der Waals surface area contributed by atoms with E-state index in [0.717, 1.165) is 12.8 Å². The summed E-state index contributed by atoms with van der Waals surface area (Å²) >= 11 is 0. The topological polar surface area (TPSA) is 77.8 Å². The molecule has 0 bridgehead atoms. The molecule has 5 nitrogen and oxygen atoms in total. The first-order valence-electron chi connectivity index (χ1n) is 5.37. The molecule has 2 fully saturated rings. The van der Waals surface area contributed by atoms with Crippen LogP contribution >= 0.6 is 0 Å². The van der Waals surface area contributed by atoms with Gasteiger partial charge in [-0.05, 0) is 12.8 Å². The molecule has 88 valence electrons. The molecule has 0 unspecified atom stereocenters. The SMILES string of the molecule is O=S(=O)(C1CCCC1)N1C[C@@H](O)[C@@H](O)C1. The van der Waals surface area contributed by atoms with Gasteiger partial charge in [-0.25, -0.2) is 8.42 Å². The van der Waals surface area contributed by atoms with Crippen molar-refractivity contribution in [3.63, 3.8) is 0 Å². The Morgan fingerprint density at radius 3 is 1.93 bits per heavy atom. The van der Waals surface area contributed by atoms with Gasteiger partial charge in [-0.1, -0.05) is 12.8 Å². The number of aliphatic hydroxyl groups excluding tert-OH is 2. The summed E-state index contributed by atoms with van der Waals surface area (Å²) in [6.45, 7) is 0.0833. The number of nitrogens with zero attached hydrogens (tertiary/aromatic N) is 1. The van der Waals surface area contributed by atoms with Gasteiger partial charge in [-0.3, -0.25) is 0 Å². The van der Waals surface area contributed by atoms with Crippen molar-refractivity contribution in [2.45, 2.75) is 43.1 Å². The Morgan fingerprint density at radius 2 is 1.47 bits per heavy atom. The molecule has 1 heterocycles. The minimum atomic E-state index is -3.29. The predicted molar refractivity (Wildman–Crippen MR) is 54.8 cm³/mol. The maximum absolute atomic E-state index is 12.0. The predicted octanol–water partition coefficient (Wildman–Crippen LogP) is -0.704. The molecule has 0 spiro atoms. The van der Waals surface area contributed by atoms with Crippen LogP contribution in [0.1, 0.15) is 25.7 Å². The number of sulfonamides is 1. The quantitative estimate of drug-likeness (QED) is 0.663. The fourth-order valence-electron chi connectivity index (χ4n) is 2.34. The number of hydrogen-bond acceptors (Lipinski definition) is 4. The average molecular weight is 235 g/mol. The van der Waals surface area contributed by atoms with E-state index in [0.29, 0.717) is 12.8 Å². The van der Waals surface area contributed by atoms with Crippen LogP contribution in [0.15, 0.2) is 0 Å². The van der Waals surface area contributed by atoms with Crippen LogP contribution < -0.4 is 0 Å². The van der Waals surface area contributed by atoms with Crippen LogP contribution in [0.5, 0.6) is 0 Å². The normalized spacial score (nSPS) is 35.1. The maximum atomic E-state index is 12.0. The van der Waals surface area contributed by atoms with Crippen molar-refractivity contribution in [1.29, 1.82) is 0 Å². The van der Waals surface area contributed by atoms with Crippen LogP contribution in [0.3, 0.4) is 0 Å². The molecule has 0 aromatic carbocycles. The number of aliphatic hydroxyl groups is 2. The van der Waals surface area contributed by atoms with E-state index in [4.69, 9.17) is 0 Å². The average Bonchev–Trinajstić information content (AvgIpc) is 2.77. The van der Waals surface area contributed by atoms with Crippen molar-refractivity contribution in [3.05, 3.63) is 0 Å². The maximum Gasteiger partial charge on any atom is 0.217 e. The lowest BCUT2D eigenvalue weighted by Gasteiger charge is -2.20. The fraction of sp³-hybridized carbons (Fsp3) is 1.00. The van der Waals surface area contributed by atoms with Crippen LogP contribution in [-0.4, -0.2) is 53.5 Å². The standard InChI is InChI=1S/C9H17NO4S/c11-8-5-10(6-9(8)12)15(13,14)7-3-1-2-4-7/h7-9,11-12H,1-6H2/t8-,9+. The van der Waals surface area contributed by atoms with Gasteiger partial charge in [0, 0.05) is 13.1 Å². The Bertz CT molecular complexity index is 313. The Balaban J connectivity index is 2.09. The minimum absolute atomic E-state index is 0.0417. The van der Waals surface area contributed by atoms with Gasteiger partial charge in [0.1, 0.15) is 0 Å². The zero-order valence-corrected chi connectivity index (χ0v) is 9.36. The molecular weight excluding hydrogens is 218 g/mol. The highest BCUT2D eigenvalue weighted by molar-refractivity contribution is 7.89. The van der Waals surface area contributed by atoms with E-state index < -0.39 is 22.2 Å². The first-order chi connectivity index (χ1) is 7.01. The van der Waals surface area contributed by atoms with E-state index in [1.165, 1.54) is 4.31 Å². The van der Waals surface area contributed by atoms with Crippen LogP contribution in [-0.2, 0) is 10.0 Å². The molecule has 6 heteroatoms. The molecule has 1 saturated carbocycles. The van der Waals surface area contributed by atoms with Crippen molar-refractivity contribution in [2.75, 3.05) is 13.1 Å². The van der Waals surface area contributed by atoms with Crippen molar-refractivity contribution < 1.29 is 18.6 Å². The van der Waals surface area contributed by atoms with Gasteiger partial charge in [0.15, 0.2) is 0 Å². The van der Waals surface area contributed by atoms with Crippen molar-refractivity contribution in [3.8, 4) is 0 Å². The summed E-state index contributed by atoms with van der Waals surface area (Å²) in [6, 6.07) is 0. The number of hydrogen-bond donors (Lipinski definition) is 2. The Kier molecular flexibility index (Phi) is 3.03. The van der Waals surface area contributed by atoms with Crippen molar-refractivity contribution in [1.82, 2.24) is 4.31 Å². The lowest BCUT2D eigenvalue weighted by Crippen LogP contribution is -2.36. The van der Waals surface area contributed by atoms with Gasteiger partial charge >= 0.3 is 0 Å². The summed E-state index contributed by atoms with van der Waals surface area (Å²) in [5.41, 5.74) is 0. The fourth-order valence-corrected chi connectivity index (χ4v) is 4.41. The lowest BCUT2D eigenvalue weighted by molar-refractivity contribution is 0.0572. The van der Waals surface area contributed by atoms with E-state index in [1.54, 1.807) is 0 Å². The molecule has 0 amide bonds. The molecule has 2 atom stereocenters. The highest BCUT2D eigenvalue weighted by Crippen LogP contribution is 2.29. The third-order valence-corrected chi connectivity index (χ3v) is 5.64. The van der Waals surface area contributed by atoms with Crippen molar-refractivity contribution in [2.24, 2.45) is 0 Å². The molecule has 1 saturated heterocycles. The molecule has 2 rings (SSSR count). The first kappa shape index (κ1) is 11.3. The van der Waals surface area contributed by atoms with E-state index in [1.807, 2.05) is 0 Å². The second-order valence-electron chi connectivity index (χ2n) is 4.40. The second-order valence-corrected chi connectivity index (χ2v) is 6.62. The van der Waals surface area contributed by atoms with E-state index in [9.17, 15) is 18.6 Å². The minimum Gasteiger partial charge on any atom is -0.389 e. The third-order valence-electron chi connectivity index (χ3n) is 3.31. The molecule has 0 aromatic rings. The van der Waals surface area contributed by atoms with Crippen molar-refractivity contribution >= 4 is 10.0 Å². The molecule has 15 heavy (non-hydrogen) atoms. The summed E-state index contributed by atoms with van der Waals surface area (Å²) < 4.78 is 25.3. The molecular formula is C9H17NO4S. The lowest BCUT2D eigenvalue weighted by atomic mass is 10.3. The summed E-state index contributed by atoms with van der Waals surface area (Å²) in [6.07, 6.45) is 1.49. The van der Waals surface area contributed by atoms with E-state index in [-0.39, 0.29) is 18.3 Å². The van der Waals surface area contributed by atoms with Crippen LogP contribution in [0.2, 0.25) is 0 Å². The van der Waals surface area contributed by atoms with Gasteiger partial charge in [0.05, 0.1) is 17.5 Å². The Labute approximate surface area is 89.8 Å². The van der Waals surface area contributed by atoms with E-state index >= 15 is 0 Å². The monoisotopic (exact) mass is 235 g/mol. The summed E-state index contributed by atoms with van der Waals surface area (Å²) in [4.78, 5) is 0.